The van der Waals surface area contributed by atoms with Crippen LogP contribution in [-0.2, 0) is 6.54 Å². The van der Waals surface area contributed by atoms with Crippen molar-refractivity contribution in [3.05, 3.63) is 84.1 Å². The molecule has 2 aromatic carbocycles. The third-order valence-corrected chi connectivity index (χ3v) is 6.32. The molecule has 1 atom stereocenters. The minimum absolute atomic E-state index is 0.0478. The van der Waals surface area contributed by atoms with Crippen LogP contribution in [-0.4, -0.2) is 73.6 Å². The van der Waals surface area contributed by atoms with Crippen molar-refractivity contribution in [3.8, 4) is 11.5 Å². The second kappa shape index (κ2) is 11.8. The highest BCUT2D eigenvalue weighted by Gasteiger charge is 2.24. The molecule has 1 saturated heterocycles. The number of benzene rings is 2. The molecule has 4 rings (SSSR count). The van der Waals surface area contributed by atoms with Crippen LogP contribution in [0.25, 0.3) is 0 Å². The smallest absolute Gasteiger partial charge is 0.254 e. The Labute approximate surface area is 208 Å². The van der Waals surface area contributed by atoms with E-state index in [9.17, 15) is 4.79 Å². The molecule has 3 aromatic rings. The molecule has 0 unspecified atom stereocenters. The second-order valence-corrected chi connectivity index (χ2v) is 9.07. The van der Waals surface area contributed by atoms with E-state index in [1.165, 1.54) is 0 Å². The summed E-state index contributed by atoms with van der Waals surface area (Å²) in [5.41, 5.74) is 1.66. The van der Waals surface area contributed by atoms with E-state index in [-0.39, 0.29) is 5.91 Å². The van der Waals surface area contributed by atoms with Crippen molar-refractivity contribution in [3.63, 3.8) is 0 Å². The number of likely N-dealkylation sites (N-methyl/N-ethyl adjacent to an activating group) is 1. The van der Waals surface area contributed by atoms with Crippen LogP contribution in [0.1, 0.15) is 22.8 Å². The van der Waals surface area contributed by atoms with Crippen molar-refractivity contribution in [2.45, 2.75) is 19.5 Å². The van der Waals surface area contributed by atoms with Gasteiger partial charge in [-0.3, -0.25) is 9.69 Å². The number of hydrogen-bond acceptors (Lipinski definition) is 6. The Hall–Kier alpha value is -3.42. The van der Waals surface area contributed by atoms with Gasteiger partial charge in [0.25, 0.3) is 5.91 Å². The first-order chi connectivity index (χ1) is 17.0. The SMILES string of the molecule is CNCCN1CCN(c2cc(CN(C)C(=O)c3cccc(Oc4ccccc4)c3)ccn2)[C@@H](C)C1. The van der Waals surface area contributed by atoms with Crippen molar-refractivity contribution >= 4 is 11.7 Å². The fraction of sp³-hybridized carbons (Fsp3) is 0.357. The molecule has 35 heavy (non-hydrogen) atoms. The lowest BCUT2D eigenvalue weighted by Gasteiger charge is -2.40. The van der Waals surface area contributed by atoms with E-state index in [1.807, 2.05) is 74.9 Å². The van der Waals surface area contributed by atoms with Gasteiger partial charge >= 0.3 is 0 Å². The molecular formula is C28H35N5O2. The maximum Gasteiger partial charge on any atom is 0.254 e. The van der Waals surface area contributed by atoms with E-state index in [1.54, 1.807) is 11.0 Å². The molecule has 1 amide bonds. The normalized spacial score (nSPS) is 16.2. The Bertz CT molecular complexity index is 1110. The Morgan fingerprint density at radius 3 is 2.66 bits per heavy atom. The lowest BCUT2D eigenvalue weighted by atomic mass is 10.1. The van der Waals surface area contributed by atoms with Gasteiger partial charge in [0.2, 0.25) is 0 Å². The highest BCUT2D eigenvalue weighted by Crippen LogP contribution is 2.23. The van der Waals surface area contributed by atoms with Gasteiger partial charge in [0.15, 0.2) is 0 Å². The maximum absolute atomic E-state index is 13.1. The molecule has 0 radical (unpaired) electrons. The molecule has 1 fully saturated rings. The minimum Gasteiger partial charge on any atom is -0.457 e. The van der Waals surface area contributed by atoms with Crippen LogP contribution in [0.15, 0.2) is 72.9 Å². The number of aromatic nitrogens is 1. The number of amides is 1. The number of hydrogen-bond donors (Lipinski definition) is 1. The first-order valence-electron chi connectivity index (χ1n) is 12.2. The average molecular weight is 474 g/mol. The zero-order valence-electron chi connectivity index (χ0n) is 20.9. The predicted octanol–water partition coefficient (Wildman–Crippen LogP) is 3.88. The second-order valence-electron chi connectivity index (χ2n) is 9.07. The fourth-order valence-corrected chi connectivity index (χ4v) is 4.45. The fourth-order valence-electron chi connectivity index (χ4n) is 4.45. The first-order valence-corrected chi connectivity index (χ1v) is 12.2. The summed E-state index contributed by atoms with van der Waals surface area (Å²) in [6.07, 6.45) is 1.84. The van der Waals surface area contributed by atoms with Gasteiger partial charge in [-0.1, -0.05) is 24.3 Å². The highest BCUT2D eigenvalue weighted by atomic mass is 16.5. The van der Waals surface area contributed by atoms with Crippen LogP contribution in [0.3, 0.4) is 0 Å². The van der Waals surface area contributed by atoms with Crippen LogP contribution < -0.4 is 15.0 Å². The van der Waals surface area contributed by atoms with Gasteiger partial charge in [-0.2, -0.15) is 0 Å². The van der Waals surface area contributed by atoms with E-state index in [0.29, 0.717) is 23.9 Å². The lowest BCUT2D eigenvalue weighted by Crippen LogP contribution is -2.53. The van der Waals surface area contributed by atoms with E-state index < -0.39 is 0 Å². The Morgan fingerprint density at radius 1 is 1.09 bits per heavy atom. The van der Waals surface area contributed by atoms with Gasteiger partial charge in [0.1, 0.15) is 17.3 Å². The van der Waals surface area contributed by atoms with E-state index in [4.69, 9.17) is 4.74 Å². The van der Waals surface area contributed by atoms with Crippen LogP contribution in [0, 0.1) is 0 Å². The molecule has 0 spiro atoms. The number of ether oxygens (including phenoxy) is 1. The number of pyridine rings is 1. The summed E-state index contributed by atoms with van der Waals surface area (Å²) in [5, 5.41) is 3.23. The van der Waals surface area contributed by atoms with E-state index in [0.717, 1.165) is 49.9 Å². The van der Waals surface area contributed by atoms with Gasteiger partial charge < -0.3 is 19.9 Å². The summed E-state index contributed by atoms with van der Waals surface area (Å²) >= 11 is 0. The minimum atomic E-state index is -0.0478. The molecule has 7 heteroatoms. The molecule has 1 aliphatic heterocycles. The number of para-hydroxylation sites is 1. The molecule has 0 saturated carbocycles. The van der Waals surface area contributed by atoms with Gasteiger partial charge in [-0.05, 0) is 62.0 Å². The number of anilines is 1. The topological polar surface area (TPSA) is 60.9 Å². The van der Waals surface area contributed by atoms with Gasteiger partial charge in [0, 0.05) is 64.1 Å². The zero-order chi connectivity index (χ0) is 24.6. The number of rotatable bonds is 9. The summed E-state index contributed by atoms with van der Waals surface area (Å²) in [7, 11) is 3.82. The van der Waals surface area contributed by atoms with Crippen molar-refractivity contribution in [1.29, 1.82) is 0 Å². The standard InChI is InChI=1S/C28H35N5O2/c1-22-20-32(15-14-29-2)16-17-33(22)27-18-23(12-13-30-27)21-31(3)28(34)24-8-7-11-26(19-24)35-25-9-5-4-6-10-25/h4-13,18-19,22,29H,14-17,20-21H2,1-3H3/t22-/m0/s1. The summed E-state index contributed by atoms with van der Waals surface area (Å²) in [4.78, 5) is 24.4. The quantitative estimate of drug-likeness (QED) is 0.509. The van der Waals surface area contributed by atoms with Crippen molar-refractivity contribution in [2.75, 3.05) is 51.7 Å². The van der Waals surface area contributed by atoms with Crippen molar-refractivity contribution < 1.29 is 9.53 Å². The summed E-state index contributed by atoms with van der Waals surface area (Å²) in [6, 6.07) is 21.4. The molecule has 1 aromatic heterocycles. The van der Waals surface area contributed by atoms with Crippen molar-refractivity contribution in [2.24, 2.45) is 0 Å². The third-order valence-electron chi connectivity index (χ3n) is 6.32. The molecular weight excluding hydrogens is 438 g/mol. The number of carbonyl (C=O) groups is 1. The number of nitrogens with one attached hydrogen (secondary N) is 1. The van der Waals surface area contributed by atoms with E-state index >= 15 is 0 Å². The molecule has 184 valence electrons. The molecule has 7 nitrogen and oxygen atoms in total. The van der Waals surface area contributed by atoms with E-state index in [2.05, 4.69) is 33.1 Å². The molecule has 1 aliphatic rings. The average Bonchev–Trinajstić information content (AvgIpc) is 2.88. The van der Waals surface area contributed by atoms with Crippen LogP contribution in [0.2, 0.25) is 0 Å². The van der Waals surface area contributed by atoms with Gasteiger partial charge in [-0.25, -0.2) is 4.98 Å². The number of piperazine rings is 1. The van der Waals surface area contributed by atoms with Crippen molar-refractivity contribution in [1.82, 2.24) is 20.1 Å². The molecule has 0 aliphatic carbocycles. The predicted molar refractivity (Wildman–Crippen MR) is 140 cm³/mol. The Balaban J connectivity index is 1.39. The van der Waals surface area contributed by atoms with Crippen LogP contribution >= 0.6 is 0 Å². The number of nitrogens with zero attached hydrogens (tertiary/aromatic N) is 4. The summed E-state index contributed by atoms with van der Waals surface area (Å²) in [5.74, 6) is 2.31. The lowest BCUT2D eigenvalue weighted by molar-refractivity contribution is 0.0784. The molecule has 2 heterocycles. The number of carbonyl (C=O) groups excluding carboxylic acids is 1. The van der Waals surface area contributed by atoms with Gasteiger partial charge in [0.05, 0.1) is 0 Å². The molecule has 1 N–H and O–H groups in total. The maximum atomic E-state index is 13.1. The summed E-state index contributed by atoms with van der Waals surface area (Å²) in [6.45, 7) is 7.82. The van der Waals surface area contributed by atoms with Crippen LogP contribution in [0.4, 0.5) is 5.82 Å². The summed E-state index contributed by atoms with van der Waals surface area (Å²) < 4.78 is 5.90. The van der Waals surface area contributed by atoms with Crippen LogP contribution in [0.5, 0.6) is 11.5 Å². The molecule has 0 bridgehead atoms. The first kappa shape index (κ1) is 24.7. The third kappa shape index (κ3) is 6.59. The highest BCUT2D eigenvalue weighted by molar-refractivity contribution is 5.94. The Kier molecular flexibility index (Phi) is 8.34. The Morgan fingerprint density at radius 2 is 1.89 bits per heavy atom. The largest absolute Gasteiger partial charge is 0.457 e. The zero-order valence-corrected chi connectivity index (χ0v) is 20.9. The van der Waals surface area contributed by atoms with Gasteiger partial charge in [-0.15, -0.1) is 0 Å². The monoisotopic (exact) mass is 473 g/mol.